The van der Waals surface area contributed by atoms with Crippen LogP contribution < -0.4 is 5.73 Å². The molecule has 0 radical (unpaired) electrons. The average molecular weight is 321 g/mol. The number of halogens is 1. The van der Waals surface area contributed by atoms with Crippen LogP contribution >= 0.6 is 11.6 Å². The number of aromatic nitrogens is 3. The van der Waals surface area contributed by atoms with E-state index in [1.807, 2.05) is 65.4 Å². The molecule has 2 heterocycles. The molecule has 0 saturated heterocycles. The summed E-state index contributed by atoms with van der Waals surface area (Å²) in [7, 11) is 0. The molecule has 5 heteroatoms. The lowest BCUT2D eigenvalue weighted by Gasteiger charge is -2.04. The van der Waals surface area contributed by atoms with Gasteiger partial charge < -0.3 is 10.3 Å². The third-order valence-corrected chi connectivity index (χ3v) is 4.02. The number of anilines is 1. The molecule has 0 atom stereocenters. The Kier molecular flexibility index (Phi) is 3.24. The predicted molar refractivity (Wildman–Crippen MR) is 93.7 cm³/mol. The molecular formula is C18H13ClN4. The number of hydrogen-bond acceptors (Lipinski definition) is 3. The Hall–Kier alpha value is -2.85. The van der Waals surface area contributed by atoms with Crippen LogP contribution in [0.2, 0.25) is 5.02 Å². The van der Waals surface area contributed by atoms with E-state index in [0.29, 0.717) is 10.8 Å². The molecule has 0 saturated carbocycles. The first-order valence-corrected chi connectivity index (χ1v) is 7.55. The minimum atomic E-state index is 0.467. The summed E-state index contributed by atoms with van der Waals surface area (Å²) in [5, 5.41) is 1.52. The lowest BCUT2D eigenvalue weighted by atomic mass is 10.1. The molecule has 0 aliphatic rings. The lowest BCUT2D eigenvalue weighted by Crippen LogP contribution is -1.96. The molecule has 112 valence electrons. The Bertz CT molecular complexity index is 993. The van der Waals surface area contributed by atoms with Gasteiger partial charge in [0.2, 0.25) is 0 Å². The van der Waals surface area contributed by atoms with Gasteiger partial charge >= 0.3 is 0 Å². The highest BCUT2D eigenvalue weighted by Crippen LogP contribution is 2.34. The summed E-state index contributed by atoms with van der Waals surface area (Å²) in [6.07, 6.45) is 3.50. The Morgan fingerprint density at radius 1 is 0.957 bits per heavy atom. The Morgan fingerprint density at radius 3 is 2.57 bits per heavy atom. The lowest BCUT2D eigenvalue weighted by molar-refractivity contribution is 1.08. The molecule has 0 aliphatic heterocycles. The fourth-order valence-electron chi connectivity index (χ4n) is 2.74. The molecule has 0 spiro atoms. The van der Waals surface area contributed by atoms with Crippen molar-refractivity contribution in [2.24, 2.45) is 0 Å². The van der Waals surface area contributed by atoms with Crippen LogP contribution in [-0.4, -0.2) is 14.5 Å². The number of fused-ring (bicyclic) bond motifs is 1. The molecule has 0 bridgehead atoms. The van der Waals surface area contributed by atoms with E-state index in [1.165, 1.54) is 6.33 Å². The summed E-state index contributed by atoms with van der Waals surface area (Å²) in [6.45, 7) is 0. The number of nitrogens with two attached hydrogens (primary N) is 1. The van der Waals surface area contributed by atoms with E-state index in [0.717, 1.165) is 27.8 Å². The third-order valence-electron chi connectivity index (χ3n) is 3.78. The van der Waals surface area contributed by atoms with Crippen LogP contribution in [0.25, 0.3) is 27.8 Å². The number of nitrogen functional groups attached to an aromatic ring is 1. The summed E-state index contributed by atoms with van der Waals surface area (Å²) in [5.41, 5.74) is 9.89. The molecule has 0 fully saturated rings. The molecule has 2 N–H and O–H groups in total. The number of nitrogens with zero attached hydrogens (tertiary/aromatic N) is 3. The molecule has 23 heavy (non-hydrogen) atoms. The minimum Gasteiger partial charge on any atom is -0.383 e. The molecule has 0 unspecified atom stereocenters. The van der Waals surface area contributed by atoms with Gasteiger partial charge in [-0.3, -0.25) is 0 Å². The van der Waals surface area contributed by atoms with Crippen molar-refractivity contribution in [2.45, 2.75) is 0 Å². The highest BCUT2D eigenvalue weighted by molar-refractivity contribution is 6.30. The zero-order valence-corrected chi connectivity index (χ0v) is 12.9. The van der Waals surface area contributed by atoms with Crippen molar-refractivity contribution in [1.82, 2.24) is 14.5 Å². The van der Waals surface area contributed by atoms with Gasteiger partial charge in [0.15, 0.2) is 5.65 Å². The fourth-order valence-corrected chi connectivity index (χ4v) is 2.93. The normalized spacial score (nSPS) is 11.0. The van der Waals surface area contributed by atoms with Crippen LogP contribution in [0.1, 0.15) is 0 Å². The van der Waals surface area contributed by atoms with Crippen LogP contribution in [0, 0.1) is 0 Å². The monoisotopic (exact) mass is 320 g/mol. The van der Waals surface area contributed by atoms with Crippen LogP contribution in [0.3, 0.4) is 0 Å². The molecule has 2 aromatic carbocycles. The van der Waals surface area contributed by atoms with E-state index in [2.05, 4.69) is 9.97 Å². The van der Waals surface area contributed by atoms with Crippen molar-refractivity contribution in [2.75, 3.05) is 5.73 Å². The first-order chi connectivity index (χ1) is 11.2. The summed E-state index contributed by atoms with van der Waals surface area (Å²) >= 11 is 6.13. The van der Waals surface area contributed by atoms with Gasteiger partial charge in [-0.05, 0) is 23.8 Å². The highest BCUT2D eigenvalue weighted by Gasteiger charge is 2.15. The van der Waals surface area contributed by atoms with Crippen molar-refractivity contribution < 1.29 is 0 Å². The van der Waals surface area contributed by atoms with Crippen LogP contribution in [0.5, 0.6) is 0 Å². The van der Waals surface area contributed by atoms with Gasteiger partial charge in [0.1, 0.15) is 12.1 Å². The van der Waals surface area contributed by atoms with Crippen molar-refractivity contribution in [3.63, 3.8) is 0 Å². The van der Waals surface area contributed by atoms with Crippen LogP contribution in [0.15, 0.2) is 67.1 Å². The fraction of sp³-hybridized carbons (Fsp3) is 0. The Labute approximate surface area is 138 Å². The second kappa shape index (κ2) is 5.41. The first-order valence-electron chi connectivity index (χ1n) is 7.17. The zero-order valence-electron chi connectivity index (χ0n) is 12.1. The maximum absolute atomic E-state index is 6.13. The predicted octanol–water partition coefficient (Wildman–Crippen LogP) is 4.32. The van der Waals surface area contributed by atoms with Gasteiger partial charge in [0.25, 0.3) is 0 Å². The standard InChI is InChI=1S/C18H13ClN4/c19-13-7-4-8-14(9-13)23-10-15(12-5-2-1-3-6-12)16-17(20)21-11-22-18(16)23/h1-11H,(H2,20,21,22). The van der Waals surface area contributed by atoms with Gasteiger partial charge in [-0.25, -0.2) is 9.97 Å². The van der Waals surface area contributed by atoms with Crippen molar-refractivity contribution in [3.8, 4) is 16.8 Å². The molecule has 0 aliphatic carbocycles. The largest absolute Gasteiger partial charge is 0.383 e. The first kappa shape index (κ1) is 13.8. The highest BCUT2D eigenvalue weighted by atomic mass is 35.5. The smallest absolute Gasteiger partial charge is 0.150 e. The number of rotatable bonds is 2. The van der Waals surface area contributed by atoms with Gasteiger partial charge in [-0.15, -0.1) is 0 Å². The summed E-state index contributed by atoms with van der Waals surface area (Å²) < 4.78 is 1.99. The molecule has 4 nitrogen and oxygen atoms in total. The molecule has 0 amide bonds. The van der Waals surface area contributed by atoms with Gasteiger partial charge in [-0.1, -0.05) is 48.0 Å². The van der Waals surface area contributed by atoms with Crippen LogP contribution in [0.4, 0.5) is 5.82 Å². The second-order valence-electron chi connectivity index (χ2n) is 5.22. The van der Waals surface area contributed by atoms with Crippen molar-refractivity contribution >= 4 is 28.5 Å². The van der Waals surface area contributed by atoms with Gasteiger partial charge in [0.05, 0.1) is 5.39 Å². The van der Waals surface area contributed by atoms with E-state index in [9.17, 15) is 0 Å². The molecule has 2 aromatic heterocycles. The van der Waals surface area contributed by atoms with E-state index in [4.69, 9.17) is 17.3 Å². The van der Waals surface area contributed by atoms with Gasteiger partial charge in [0, 0.05) is 22.5 Å². The van der Waals surface area contributed by atoms with Crippen LogP contribution in [-0.2, 0) is 0 Å². The maximum atomic E-state index is 6.13. The van der Waals surface area contributed by atoms with E-state index < -0.39 is 0 Å². The molecular weight excluding hydrogens is 308 g/mol. The Balaban J connectivity index is 2.06. The summed E-state index contributed by atoms with van der Waals surface area (Å²) in [4.78, 5) is 8.57. The topological polar surface area (TPSA) is 56.7 Å². The minimum absolute atomic E-state index is 0.467. The quantitative estimate of drug-likeness (QED) is 0.598. The summed E-state index contributed by atoms with van der Waals surface area (Å²) in [6, 6.07) is 17.7. The van der Waals surface area contributed by atoms with E-state index in [1.54, 1.807) is 0 Å². The van der Waals surface area contributed by atoms with Gasteiger partial charge in [-0.2, -0.15) is 0 Å². The number of hydrogen-bond donors (Lipinski definition) is 1. The van der Waals surface area contributed by atoms with Crippen molar-refractivity contribution in [1.29, 1.82) is 0 Å². The third kappa shape index (κ3) is 2.33. The van der Waals surface area contributed by atoms with Crippen molar-refractivity contribution in [3.05, 3.63) is 72.1 Å². The maximum Gasteiger partial charge on any atom is 0.150 e. The SMILES string of the molecule is Nc1ncnc2c1c(-c1ccccc1)cn2-c1cccc(Cl)c1. The average Bonchev–Trinajstić information content (AvgIpc) is 2.97. The van der Waals surface area contributed by atoms with E-state index >= 15 is 0 Å². The second-order valence-corrected chi connectivity index (χ2v) is 5.65. The Morgan fingerprint density at radius 2 is 1.78 bits per heavy atom. The summed E-state index contributed by atoms with van der Waals surface area (Å²) in [5.74, 6) is 0.467. The number of benzene rings is 2. The zero-order chi connectivity index (χ0) is 15.8. The molecule has 4 aromatic rings. The van der Waals surface area contributed by atoms with E-state index in [-0.39, 0.29) is 0 Å². The molecule has 4 rings (SSSR count).